The summed E-state index contributed by atoms with van der Waals surface area (Å²) < 4.78 is 23.4. The number of amides is 1. The molecule has 0 atom stereocenters. The predicted octanol–water partition coefficient (Wildman–Crippen LogP) is 3.57. The first-order valence-corrected chi connectivity index (χ1v) is 7.39. The van der Waals surface area contributed by atoms with Crippen LogP contribution in [0.25, 0.3) is 0 Å². The summed E-state index contributed by atoms with van der Waals surface area (Å²) in [6, 6.07) is 8.77. The largest absolute Gasteiger partial charge is 0.494 e. The van der Waals surface area contributed by atoms with Gasteiger partial charge in [-0.05, 0) is 55.8 Å². The zero-order chi connectivity index (χ0) is 17.7. The summed E-state index contributed by atoms with van der Waals surface area (Å²) in [5.41, 5.74) is 1.80. The quantitative estimate of drug-likeness (QED) is 0.851. The minimum absolute atomic E-state index is 0.0709. The Bertz CT molecular complexity index is 774. The minimum atomic E-state index is -0.612. The molecule has 0 aliphatic heterocycles. The molecule has 2 aromatic rings. The Morgan fingerprint density at radius 1 is 1.12 bits per heavy atom. The molecule has 5 nitrogen and oxygen atoms in total. The van der Waals surface area contributed by atoms with Crippen LogP contribution in [0.5, 0.6) is 5.75 Å². The number of anilines is 1. The van der Waals surface area contributed by atoms with Crippen molar-refractivity contribution in [1.29, 1.82) is 0 Å². The number of rotatable bonds is 5. The van der Waals surface area contributed by atoms with Crippen molar-refractivity contribution in [2.75, 3.05) is 19.0 Å². The Morgan fingerprint density at radius 3 is 2.42 bits per heavy atom. The molecule has 1 amide bonds. The first-order chi connectivity index (χ1) is 11.5. The summed E-state index contributed by atoms with van der Waals surface area (Å²) in [7, 11) is 1.35. The lowest BCUT2D eigenvalue weighted by atomic mass is 10.1. The lowest BCUT2D eigenvalue weighted by Gasteiger charge is -2.11. The van der Waals surface area contributed by atoms with Crippen molar-refractivity contribution in [3.63, 3.8) is 0 Å². The number of carbonyl (C=O) groups excluding carboxylic acids is 2. The Hall–Kier alpha value is -2.89. The standard InChI is InChI=1S/C18H18FNO4/c1-4-24-18(22)13-5-7-15(11(2)9-13)20-17(21)12-6-8-16(23-3)14(19)10-12/h5-10H,4H2,1-3H3,(H,20,21). The highest BCUT2D eigenvalue weighted by Gasteiger charge is 2.13. The van der Waals surface area contributed by atoms with Gasteiger partial charge in [0.25, 0.3) is 5.91 Å². The normalized spacial score (nSPS) is 10.2. The second kappa shape index (κ2) is 7.59. The van der Waals surface area contributed by atoms with Crippen LogP contribution >= 0.6 is 0 Å². The van der Waals surface area contributed by atoms with Gasteiger partial charge in [0.05, 0.1) is 19.3 Å². The Balaban J connectivity index is 2.17. The maximum absolute atomic E-state index is 13.7. The van der Waals surface area contributed by atoms with Gasteiger partial charge in [-0.2, -0.15) is 0 Å². The van der Waals surface area contributed by atoms with Crippen LogP contribution in [0.1, 0.15) is 33.2 Å². The molecular formula is C18H18FNO4. The average molecular weight is 331 g/mol. The number of halogens is 1. The van der Waals surface area contributed by atoms with Gasteiger partial charge in [-0.25, -0.2) is 9.18 Å². The van der Waals surface area contributed by atoms with E-state index in [1.54, 1.807) is 32.0 Å². The monoisotopic (exact) mass is 331 g/mol. The molecule has 0 saturated carbocycles. The lowest BCUT2D eigenvalue weighted by molar-refractivity contribution is 0.0526. The molecular weight excluding hydrogens is 313 g/mol. The Labute approximate surface area is 139 Å². The predicted molar refractivity (Wildman–Crippen MR) is 88.0 cm³/mol. The van der Waals surface area contributed by atoms with Crippen LogP contribution in [0.3, 0.4) is 0 Å². The van der Waals surface area contributed by atoms with Crippen molar-refractivity contribution in [2.45, 2.75) is 13.8 Å². The van der Waals surface area contributed by atoms with Gasteiger partial charge in [0.1, 0.15) is 0 Å². The van der Waals surface area contributed by atoms with Gasteiger partial charge in [-0.1, -0.05) is 0 Å². The fourth-order valence-corrected chi connectivity index (χ4v) is 2.15. The minimum Gasteiger partial charge on any atom is -0.494 e. The van der Waals surface area contributed by atoms with Crippen LogP contribution in [0.15, 0.2) is 36.4 Å². The number of hydrogen-bond acceptors (Lipinski definition) is 4. The molecule has 2 aromatic carbocycles. The molecule has 0 aliphatic carbocycles. The van der Waals surface area contributed by atoms with Gasteiger partial charge in [-0.15, -0.1) is 0 Å². The first-order valence-electron chi connectivity index (χ1n) is 7.39. The first kappa shape index (κ1) is 17.5. The molecule has 0 fully saturated rings. The molecule has 0 unspecified atom stereocenters. The smallest absolute Gasteiger partial charge is 0.338 e. The highest BCUT2D eigenvalue weighted by Crippen LogP contribution is 2.21. The van der Waals surface area contributed by atoms with Crippen molar-refractivity contribution in [1.82, 2.24) is 0 Å². The van der Waals surface area contributed by atoms with Crippen molar-refractivity contribution in [2.24, 2.45) is 0 Å². The summed E-state index contributed by atoms with van der Waals surface area (Å²) in [5.74, 6) is -1.42. The van der Waals surface area contributed by atoms with E-state index in [-0.39, 0.29) is 11.3 Å². The third-order valence-corrected chi connectivity index (χ3v) is 3.40. The zero-order valence-electron chi connectivity index (χ0n) is 13.7. The SMILES string of the molecule is CCOC(=O)c1ccc(NC(=O)c2ccc(OC)c(F)c2)c(C)c1. The summed E-state index contributed by atoms with van der Waals surface area (Å²) >= 11 is 0. The number of nitrogens with one attached hydrogen (secondary N) is 1. The lowest BCUT2D eigenvalue weighted by Crippen LogP contribution is -2.14. The molecule has 126 valence electrons. The molecule has 0 aromatic heterocycles. The maximum atomic E-state index is 13.7. The average Bonchev–Trinajstić information content (AvgIpc) is 2.56. The maximum Gasteiger partial charge on any atom is 0.338 e. The fourth-order valence-electron chi connectivity index (χ4n) is 2.15. The van der Waals surface area contributed by atoms with Crippen LogP contribution in [0.4, 0.5) is 10.1 Å². The second-order valence-corrected chi connectivity index (χ2v) is 5.05. The van der Waals surface area contributed by atoms with E-state index in [0.29, 0.717) is 23.4 Å². The van der Waals surface area contributed by atoms with Gasteiger partial charge in [0.2, 0.25) is 0 Å². The molecule has 0 radical (unpaired) electrons. The number of hydrogen-bond donors (Lipinski definition) is 1. The van der Waals surface area contributed by atoms with Gasteiger partial charge < -0.3 is 14.8 Å². The number of ether oxygens (including phenoxy) is 2. The molecule has 0 aliphatic rings. The molecule has 2 rings (SSSR count). The van der Waals surface area contributed by atoms with E-state index in [4.69, 9.17) is 9.47 Å². The van der Waals surface area contributed by atoms with Gasteiger partial charge in [-0.3, -0.25) is 4.79 Å². The fraction of sp³-hybridized carbons (Fsp3) is 0.222. The molecule has 0 saturated heterocycles. The summed E-state index contributed by atoms with van der Waals surface area (Å²) in [4.78, 5) is 23.9. The van der Waals surface area contributed by atoms with Gasteiger partial charge in [0, 0.05) is 11.3 Å². The van der Waals surface area contributed by atoms with E-state index < -0.39 is 17.7 Å². The summed E-state index contributed by atoms with van der Waals surface area (Å²) in [6.07, 6.45) is 0. The highest BCUT2D eigenvalue weighted by molar-refractivity contribution is 6.05. The van der Waals surface area contributed by atoms with Crippen LogP contribution in [0.2, 0.25) is 0 Å². The number of carbonyl (C=O) groups is 2. The van der Waals surface area contributed by atoms with Crippen molar-refractivity contribution >= 4 is 17.6 Å². The van der Waals surface area contributed by atoms with E-state index in [1.165, 1.54) is 19.2 Å². The Kier molecular flexibility index (Phi) is 5.52. The van der Waals surface area contributed by atoms with E-state index in [1.807, 2.05) is 0 Å². The van der Waals surface area contributed by atoms with Crippen molar-refractivity contribution < 1.29 is 23.5 Å². The van der Waals surface area contributed by atoms with Crippen LogP contribution in [0, 0.1) is 12.7 Å². The topological polar surface area (TPSA) is 64.6 Å². The number of esters is 1. The van der Waals surface area contributed by atoms with Crippen LogP contribution in [-0.4, -0.2) is 25.6 Å². The number of methoxy groups -OCH3 is 1. The van der Waals surface area contributed by atoms with E-state index >= 15 is 0 Å². The number of benzene rings is 2. The molecule has 6 heteroatoms. The molecule has 0 bridgehead atoms. The number of aryl methyl sites for hydroxylation is 1. The van der Waals surface area contributed by atoms with Gasteiger partial charge in [0.15, 0.2) is 11.6 Å². The second-order valence-electron chi connectivity index (χ2n) is 5.05. The van der Waals surface area contributed by atoms with Crippen molar-refractivity contribution in [3.8, 4) is 5.75 Å². The van der Waals surface area contributed by atoms with E-state index in [9.17, 15) is 14.0 Å². The van der Waals surface area contributed by atoms with Crippen LogP contribution < -0.4 is 10.1 Å². The summed E-state index contributed by atoms with van der Waals surface area (Å²) in [5, 5.41) is 2.69. The van der Waals surface area contributed by atoms with E-state index in [0.717, 1.165) is 6.07 Å². The Morgan fingerprint density at radius 2 is 1.83 bits per heavy atom. The molecule has 1 N–H and O–H groups in total. The molecule has 0 spiro atoms. The van der Waals surface area contributed by atoms with Gasteiger partial charge >= 0.3 is 5.97 Å². The molecule has 24 heavy (non-hydrogen) atoms. The zero-order valence-corrected chi connectivity index (χ0v) is 13.7. The summed E-state index contributed by atoms with van der Waals surface area (Å²) in [6.45, 7) is 3.78. The third kappa shape index (κ3) is 3.90. The van der Waals surface area contributed by atoms with E-state index in [2.05, 4.69) is 5.32 Å². The third-order valence-electron chi connectivity index (χ3n) is 3.40. The van der Waals surface area contributed by atoms with Crippen LogP contribution in [-0.2, 0) is 4.74 Å². The molecule has 0 heterocycles. The highest BCUT2D eigenvalue weighted by atomic mass is 19.1. The van der Waals surface area contributed by atoms with Crippen molar-refractivity contribution in [3.05, 3.63) is 58.9 Å².